The van der Waals surface area contributed by atoms with Gasteiger partial charge in [-0.05, 0) is 13.0 Å². The molecule has 0 bridgehead atoms. The smallest absolute Gasteiger partial charge is 0.247 e. The number of aryl methyl sites for hydroxylation is 1. The summed E-state index contributed by atoms with van der Waals surface area (Å²) in [5.74, 6) is -2.26. The Kier molecular flexibility index (Phi) is 3.38. The Morgan fingerprint density at radius 1 is 1.07 bits per heavy atom. The SMILES string of the molecule is Cc1ccc2c(c1)C1(C(=O)N2C)C(C#N)=C(N)OC2=C1C(=O)c1ccccc1C2=O. The lowest BCUT2D eigenvalue weighted by Gasteiger charge is -2.37. The standard InChI is InChI=1S/C23H15N3O4/c1-11-7-8-16-14(9-11)23(22(29)26(16)2)15(10-24)21(25)30-20-17(23)18(27)12-5-3-4-6-13(12)19(20)28/h3-9H,25H2,1-2H3. The van der Waals surface area contributed by atoms with Gasteiger partial charge in [0.2, 0.25) is 17.6 Å². The van der Waals surface area contributed by atoms with Gasteiger partial charge in [0.25, 0.3) is 0 Å². The third-order valence-electron chi connectivity index (χ3n) is 5.94. The first-order chi connectivity index (χ1) is 14.3. The third kappa shape index (κ3) is 1.85. The van der Waals surface area contributed by atoms with E-state index in [-0.39, 0.29) is 33.9 Å². The number of fused-ring (bicyclic) bond motifs is 4. The zero-order valence-electron chi connectivity index (χ0n) is 16.1. The van der Waals surface area contributed by atoms with Crippen molar-refractivity contribution in [2.75, 3.05) is 11.9 Å². The second-order valence-corrected chi connectivity index (χ2v) is 7.50. The van der Waals surface area contributed by atoms with E-state index >= 15 is 0 Å². The lowest BCUT2D eigenvalue weighted by atomic mass is 9.64. The molecule has 2 N–H and O–H groups in total. The number of nitrogens with zero attached hydrogens (tertiary/aromatic N) is 2. The zero-order valence-corrected chi connectivity index (χ0v) is 16.1. The highest BCUT2D eigenvalue weighted by Gasteiger charge is 2.63. The molecule has 1 atom stereocenters. The van der Waals surface area contributed by atoms with Crippen LogP contribution >= 0.6 is 0 Å². The fourth-order valence-electron chi connectivity index (χ4n) is 4.60. The highest BCUT2D eigenvalue weighted by atomic mass is 16.5. The molecule has 2 aromatic carbocycles. The van der Waals surface area contributed by atoms with Gasteiger partial charge in [-0.2, -0.15) is 5.26 Å². The highest BCUT2D eigenvalue weighted by Crippen LogP contribution is 2.55. The van der Waals surface area contributed by atoms with Crippen LogP contribution in [-0.4, -0.2) is 24.5 Å². The Morgan fingerprint density at radius 2 is 1.73 bits per heavy atom. The van der Waals surface area contributed by atoms with E-state index in [9.17, 15) is 19.6 Å². The molecule has 1 spiro atoms. The van der Waals surface area contributed by atoms with Crippen molar-refractivity contribution in [3.63, 3.8) is 0 Å². The molecular weight excluding hydrogens is 382 g/mol. The van der Waals surface area contributed by atoms with Gasteiger partial charge in [-0.25, -0.2) is 0 Å². The van der Waals surface area contributed by atoms with E-state index in [0.717, 1.165) is 5.56 Å². The molecule has 3 aliphatic rings. The van der Waals surface area contributed by atoms with Crippen molar-refractivity contribution in [1.29, 1.82) is 5.26 Å². The number of ether oxygens (including phenoxy) is 1. The molecule has 146 valence electrons. The van der Waals surface area contributed by atoms with Gasteiger partial charge in [-0.3, -0.25) is 14.4 Å². The molecule has 7 nitrogen and oxygen atoms in total. The minimum Gasteiger partial charge on any atom is -0.436 e. The fraction of sp³-hybridized carbons (Fsp3) is 0.130. The van der Waals surface area contributed by atoms with Gasteiger partial charge in [-0.1, -0.05) is 42.0 Å². The normalized spacial score (nSPS) is 22.0. The number of benzene rings is 2. The first-order valence-electron chi connectivity index (χ1n) is 9.24. The van der Waals surface area contributed by atoms with Gasteiger partial charge in [0.15, 0.2) is 11.5 Å². The molecule has 2 heterocycles. The molecule has 0 saturated heterocycles. The zero-order chi connectivity index (χ0) is 21.4. The van der Waals surface area contributed by atoms with Gasteiger partial charge in [0, 0.05) is 29.4 Å². The molecule has 5 rings (SSSR count). The molecule has 0 aromatic heterocycles. The average Bonchev–Trinajstić information content (AvgIpc) is 2.94. The molecule has 7 heteroatoms. The Balaban J connectivity index is 1.95. The molecule has 1 amide bonds. The molecule has 1 aliphatic carbocycles. The van der Waals surface area contributed by atoms with Crippen molar-refractivity contribution in [2.45, 2.75) is 12.3 Å². The van der Waals surface area contributed by atoms with Crippen molar-refractivity contribution in [1.82, 2.24) is 0 Å². The van der Waals surface area contributed by atoms with E-state index in [2.05, 4.69) is 0 Å². The van der Waals surface area contributed by atoms with E-state index in [1.54, 1.807) is 31.3 Å². The third-order valence-corrected chi connectivity index (χ3v) is 5.94. The Labute approximate surface area is 171 Å². The maximum atomic E-state index is 13.7. The number of amides is 1. The van der Waals surface area contributed by atoms with Gasteiger partial charge < -0.3 is 15.4 Å². The number of Topliss-reactive ketones (excluding diaryl/α,β-unsaturated/α-hetero) is 2. The Hall–Kier alpha value is -4.18. The van der Waals surface area contributed by atoms with Crippen molar-refractivity contribution in [3.05, 3.63) is 87.5 Å². The monoisotopic (exact) mass is 397 g/mol. The summed E-state index contributed by atoms with van der Waals surface area (Å²) in [5.41, 5.74) is 6.02. The van der Waals surface area contributed by atoms with Crippen LogP contribution in [0.3, 0.4) is 0 Å². The first kappa shape index (κ1) is 17.9. The predicted octanol–water partition coefficient (Wildman–Crippen LogP) is 2.27. The topological polar surface area (TPSA) is 113 Å². The summed E-state index contributed by atoms with van der Waals surface area (Å²) in [6.07, 6.45) is 0. The molecule has 0 saturated carbocycles. The summed E-state index contributed by atoms with van der Waals surface area (Å²) in [6, 6.07) is 13.6. The quantitative estimate of drug-likeness (QED) is 0.729. The van der Waals surface area contributed by atoms with Crippen LogP contribution in [0.1, 0.15) is 31.8 Å². The van der Waals surface area contributed by atoms with Gasteiger partial charge in [-0.15, -0.1) is 0 Å². The minimum atomic E-state index is -1.83. The van der Waals surface area contributed by atoms with E-state index in [1.807, 2.05) is 19.1 Å². The largest absolute Gasteiger partial charge is 0.436 e. The number of hydrogen-bond acceptors (Lipinski definition) is 6. The van der Waals surface area contributed by atoms with Crippen LogP contribution < -0.4 is 10.6 Å². The Morgan fingerprint density at radius 3 is 2.40 bits per heavy atom. The minimum absolute atomic E-state index is 0.154. The number of ketones is 2. The number of carbonyl (C=O) groups is 3. The summed E-state index contributed by atoms with van der Waals surface area (Å²) in [5, 5.41) is 9.97. The van der Waals surface area contributed by atoms with Gasteiger partial charge in [0.05, 0.1) is 5.57 Å². The number of rotatable bonds is 0. The number of anilines is 1. The molecule has 2 aromatic rings. The van der Waals surface area contributed by atoms with Crippen LogP contribution in [0.2, 0.25) is 0 Å². The van der Waals surface area contributed by atoms with E-state index in [0.29, 0.717) is 11.3 Å². The average molecular weight is 397 g/mol. The van der Waals surface area contributed by atoms with E-state index in [4.69, 9.17) is 10.5 Å². The van der Waals surface area contributed by atoms with Crippen molar-refractivity contribution >= 4 is 23.2 Å². The van der Waals surface area contributed by atoms with Crippen LogP contribution in [0.15, 0.2) is 65.3 Å². The summed E-state index contributed by atoms with van der Waals surface area (Å²) in [6.45, 7) is 1.84. The van der Waals surface area contributed by atoms with Crippen LogP contribution in [0.4, 0.5) is 5.69 Å². The van der Waals surface area contributed by atoms with Crippen molar-refractivity contribution in [2.24, 2.45) is 5.73 Å². The van der Waals surface area contributed by atoms with E-state index < -0.39 is 22.9 Å². The second-order valence-electron chi connectivity index (χ2n) is 7.50. The summed E-state index contributed by atoms with van der Waals surface area (Å²) >= 11 is 0. The summed E-state index contributed by atoms with van der Waals surface area (Å²) in [4.78, 5) is 42.0. The number of hydrogen-bond donors (Lipinski definition) is 1. The molecule has 30 heavy (non-hydrogen) atoms. The lowest BCUT2D eigenvalue weighted by Crippen LogP contribution is -2.49. The summed E-state index contributed by atoms with van der Waals surface area (Å²) in [7, 11) is 1.56. The molecule has 0 fully saturated rings. The van der Waals surface area contributed by atoms with Crippen LogP contribution in [0, 0.1) is 18.3 Å². The van der Waals surface area contributed by atoms with Crippen LogP contribution in [0.5, 0.6) is 0 Å². The van der Waals surface area contributed by atoms with Crippen LogP contribution in [0.25, 0.3) is 0 Å². The first-order valence-corrected chi connectivity index (χ1v) is 9.24. The molecular formula is C23H15N3O4. The number of nitriles is 1. The maximum Gasteiger partial charge on any atom is 0.247 e. The van der Waals surface area contributed by atoms with Gasteiger partial charge in [0.1, 0.15) is 17.1 Å². The Bertz CT molecular complexity index is 1330. The maximum absolute atomic E-state index is 13.7. The summed E-state index contributed by atoms with van der Waals surface area (Å²) < 4.78 is 5.52. The number of likely N-dealkylation sites (N-methyl/N-ethyl adjacent to an activating group) is 1. The fourth-order valence-corrected chi connectivity index (χ4v) is 4.60. The van der Waals surface area contributed by atoms with Crippen molar-refractivity contribution in [3.8, 4) is 6.07 Å². The number of carbonyl (C=O) groups excluding carboxylic acids is 3. The number of nitrogens with two attached hydrogens (primary N) is 1. The second kappa shape index (κ2) is 5.67. The van der Waals surface area contributed by atoms with Crippen LogP contribution in [-0.2, 0) is 14.9 Å². The molecule has 0 radical (unpaired) electrons. The molecule has 2 aliphatic heterocycles. The van der Waals surface area contributed by atoms with Gasteiger partial charge >= 0.3 is 0 Å². The lowest BCUT2D eigenvalue weighted by molar-refractivity contribution is -0.120. The molecule has 1 unspecified atom stereocenters. The van der Waals surface area contributed by atoms with E-state index in [1.165, 1.54) is 17.0 Å². The predicted molar refractivity (Wildman–Crippen MR) is 106 cm³/mol. The van der Waals surface area contributed by atoms with Crippen molar-refractivity contribution < 1.29 is 19.1 Å². The number of allylic oxidation sites excluding steroid dienone is 1. The highest BCUT2D eigenvalue weighted by molar-refractivity contribution is 6.31.